The molecule has 0 aliphatic carbocycles. The van der Waals surface area contributed by atoms with Gasteiger partial charge in [0.2, 0.25) is 11.8 Å². The zero-order valence-corrected chi connectivity index (χ0v) is 18.9. The lowest BCUT2D eigenvalue weighted by Crippen LogP contribution is -2.24. The molecule has 0 N–H and O–H groups in total. The molecule has 0 unspecified atom stereocenters. The van der Waals surface area contributed by atoms with Crippen molar-refractivity contribution in [2.75, 3.05) is 5.75 Å². The number of hydrazone groups is 1. The van der Waals surface area contributed by atoms with Crippen LogP contribution in [0.2, 0.25) is 0 Å². The third-order valence-electron chi connectivity index (χ3n) is 5.02. The molecule has 9 heteroatoms. The lowest BCUT2D eigenvalue weighted by atomic mass is 10.2. The van der Waals surface area contributed by atoms with E-state index >= 15 is 0 Å². The molecule has 1 aliphatic heterocycles. The van der Waals surface area contributed by atoms with E-state index in [2.05, 4.69) is 15.3 Å². The molecule has 2 aromatic heterocycles. The number of aromatic nitrogens is 3. The molecule has 5 rings (SSSR count). The lowest BCUT2D eigenvalue weighted by Gasteiger charge is -2.16. The van der Waals surface area contributed by atoms with Crippen LogP contribution in [0.3, 0.4) is 0 Å². The topological polar surface area (TPSA) is 85.8 Å². The molecule has 1 atom stereocenters. The summed E-state index contributed by atoms with van der Waals surface area (Å²) in [5.74, 6) is 2.58. The molecule has 3 heterocycles. The Bertz CT molecular complexity index is 1300. The van der Waals surface area contributed by atoms with Gasteiger partial charge in [0, 0.05) is 18.2 Å². The van der Waals surface area contributed by atoms with Crippen LogP contribution in [-0.4, -0.2) is 37.3 Å². The second-order valence-corrected chi connectivity index (χ2v) is 8.35. The predicted octanol–water partition coefficient (Wildman–Crippen LogP) is 4.82. The van der Waals surface area contributed by atoms with Crippen molar-refractivity contribution < 1.29 is 13.9 Å². The van der Waals surface area contributed by atoms with E-state index in [0.717, 1.165) is 22.8 Å². The van der Waals surface area contributed by atoms with Crippen LogP contribution in [0.5, 0.6) is 0 Å². The van der Waals surface area contributed by atoms with E-state index in [1.54, 1.807) is 6.07 Å². The van der Waals surface area contributed by atoms with Gasteiger partial charge in [0.25, 0.3) is 6.23 Å². The minimum Gasteiger partial charge on any atom is -0.460 e. The van der Waals surface area contributed by atoms with Crippen molar-refractivity contribution in [1.82, 2.24) is 19.8 Å². The van der Waals surface area contributed by atoms with E-state index in [0.29, 0.717) is 22.6 Å². The summed E-state index contributed by atoms with van der Waals surface area (Å²) in [6.45, 7) is 3.29. The maximum absolute atomic E-state index is 12.1. The zero-order chi connectivity index (χ0) is 22.8. The van der Waals surface area contributed by atoms with Gasteiger partial charge in [-0.05, 0) is 31.2 Å². The smallest absolute Gasteiger partial charge is 0.254 e. The van der Waals surface area contributed by atoms with Gasteiger partial charge >= 0.3 is 0 Å². The van der Waals surface area contributed by atoms with Crippen LogP contribution in [0.25, 0.3) is 17.1 Å². The van der Waals surface area contributed by atoms with Crippen LogP contribution >= 0.6 is 11.8 Å². The Kier molecular flexibility index (Phi) is 5.70. The summed E-state index contributed by atoms with van der Waals surface area (Å²) in [7, 11) is 0. The standard InChI is InChI=1S/C24H21N5O3S/c1-16-13-14-20(31-16)23-29(17(2)30)27-21(32-23)15-33-24-26-25-22(18-9-5-3-6-10-18)28(24)19-11-7-4-8-12-19/h3-14,23H,15H2,1-2H3/t23-/m0/s1. The number of hydrogen-bond donors (Lipinski definition) is 0. The number of ether oxygens (including phenoxy) is 1. The first-order valence-electron chi connectivity index (χ1n) is 10.4. The summed E-state index contributed by atoms with van der Waals surface area (Å²) in [5.41, 5.74) is 1.92. The first kappa shape index (κ1) is 21.0. The van der Waals surface area contributed by atoms with Gasteiger partial charge in [0.05, 0.1) is 5.75 Å². The first-order chi connectivity index (χ1) is 16.1. The van der Waals surface area contributed by atoms with Crippen LogP contribution < -0.4 is 0 Å². The van der Waals surface area contributed by atoms with Crippen molar-refractivity contribution in [3.05, 3.63) is 84.3 Å². The number of carbonyl (C=O) groups excluding carboxylic acids is 1. The number of amides is 1. The van der Waals surface area contributed by atoms with Gasteiger partial charge in [-0.3, -0.25) is 9.36 Å². The molecule has 33 heavy (non-hydrogen) atoms. The van der Waals surface area contributed by atoms with Crippen molar-refractivity contribution in [2.45, 2.75) is 25.2 Å². The highest BCUT2D eigenvalue weighted by atomic mass is 32.2. The van der Waals surface area contributed by atoms with Gasteiger partial charge in [0.1, 0.15) is 5.76 Å². The van der Waals surface area contributed by atoms with E-state index < -0.39 is 6.23 Å². The number of para-hydroxylation sites is 1. The number of rotatable bonds is 6. The van der Waals surface area contributed by atoms with E-state index in [4.69, 9.17) is 9.15 Å². The van der Waals surface area contributed by atoms with Gasteiger partial charge in [0.15, 0.2) is 16.7 Å². The van der Waals surface area contributed by atoms with Crippen LogP contribution in [-0.2, 0) is 9.53 Å². The Hall–Kier alpha value is -3.85. The normalized spacial score (nSPS) is 15.4. The lowest BCUT2D eigenvalue weighted by molar-refractivity contribution is -0.136. The number of benzene rings is 2. The summed E-state index contributed by atoms with van der Waals surface area (Å²) >= 11 is 1.44. The molecule has 0 fully saturated rings. The Morgan fingerprint density at radius 1 is 1.00 bits per heavy atom. The Labute approximate surface area is 194 Å². The number of hydrogen-bond acceptors (Lipinski definition) is 7. The molecule has 166 valence electrons. The van der Waals surface area contributed by atoms with Crippen LogP contribution in [0.1, 0.15) is 24.7 Å². The van der Waals surface area contributed by atoms with Crippen molar-refractivity contribution in [2.24, 2.45) is 5.10 Å². The highest BCUT2D eigenvalue weighted by molar-refractivity contribution is 7.99. The zero-order valence-electron chi connectivity index (χ0n) is 18.1. The fourth-order valence-corrected chi connectivity index (χ4v) is 4.31. The molecule has 1 aliphatic rings. The molecule has 0 saturated carbocycles. The number of furan rings is 1. The summed E-state index contributed by atoms with van der Waals surface area (Å²) in [6, 6.07) is 23.5. The predicted molar refractivity (Wildman–Crippen MR) is 125 cm³/mol. The average Bonchev–Trinajstić information content (AvgIpc) is 3.56. The summed E-state index contributed by atoms with van der Waals surface area (Å²) in [4.78, 5) is 12.1. The SMILES string of the molecule is CC(=O)N1N=C(CSc2nnc(-c3ccccc3)n2-c2ccccc2)O[C@H]1c1ccc(C)o1. The van der Waals surface area contributed by atoms with E-state index in [9.17, 15) is 4.79 Å². The molecule has 0 saturated heterocycles. The second-order valence-electron chi connectivity index (χ2n) is 7.41. The van der Waals surface area contributed by atoms with E-state index in [1.807, 2.05) is 78.2 Å². The Morgan fingerprint density at radius 3 is 2.39 bits per heavy atom. The largest absolute Gasteiger partial charge is 0.460 e. The van der Waals surface area contributed by atoms with Crippen molar-refractivity contribution in [3.63, 3.8) is 0 Å². The van der Waals surface area contributed by atoms with Crippen molar-refractivity contribution >= 4 is 23.6 Å². The number of nitrogens with zero attached hydrogens (tertiary/aromatic N) is 5. The van der Waals surface area contributed by atoms with Gasteiger partial charge in [-0.2, -0.15) is 5.01 Å². The molecule has 4 aromatic rings. The minimum absolute atomic E-state index is 0.229. The molecule has 0 spiro atoms. The Morgan fingerprint density at radius 2 is 1.73 bits per heavy atom. The highest BCUT2D eigenvalue weighted by Crippen LogP contribution is 2.32. The third kappa shape index (κ3) is 4.27. The number of thioether (sulfide) groups is 1. The molecular formula is C24H21N5O3S. The van der Waals surface area contributed by atoms with Crippen LogP contribution in [0.4, 0.5) is 0 Å². The van der Waals surface area contributed by atoms with E-state index in [-0.39, 0.29) is 5.91 Å². The molecule has 0 radical (unpaired) electrons. The minimum atomic E-state index is -0.710. The van der Waals surface area contributed by atoms with Gasteiger partial charge < -0.3 is 9.15 Å². The second kappa shape index (κ2) is 8.95. The van der Waals surface area contributed by atoms with Crippen molar-refractivity contribution in [1.29, 1.82) is 0 Å². The molecule has 8 nitrogen and oxygen atoms in total. The number of aryl methyl sites for hydroxylation is 1. The third-order valence-corrected chi connectivity index (χ3v) is 5.93. The molecule has 1 amide bonds. The maximum atomic E-state index is 12.1. The van der Waals surface area contributed by atoms with Gasteiger partial charge in [-0.1, -0.05) is 60.3 Å². The van der Waals surface area contributed by atoms with Gasteiger partial charge in [-0.15, -0.1) is 15.3 Å². The molecule has 2 aromatic carbocycles. The fraction of sp³-hybridized carbons (Fsp3) is 0.167. The Balaban J connectivity index is 1.41. The maximum Gasteiger partial charge on any atom is 0.254 e. The molecule has 0 bridgehead atoms. The molecular weight excluding hydrogens is 438 g/mol. The average molecular weight is 460 g/mol. The fourth-order valence-electron chi connectivity index (χ4n) is 3.51. The van der Waals surface area contributed by atoms with Crippen LogP contribution in [0.15, 0.2) is 87.5 Å². The summed E-state index contributed by atoms with van der Waals surface area (Å²) < 4.78 is 13.6. The van der Waals surface area contributed by atoms with Crippen LogP contribution in [0, 0.1) is 6.92 Å². The summed E-state index contributed by atoms with van der Waals surface area (Å²) in [5, 5.41) is 15.2. The quantitative estimate of drug-likeness (QED) is 0.384. The summed E-state index contributed by atoms with van der Waals surface area (Å²) in [6.07, 6.45) is -0.710. The number of carbonyl (C=O) groups is 1. The van der Waals surface area contributed by atoms with Crippen molar-refractivity contribution in [3.8, 4) is 17.1 Å². The first-order valence-corrected chi connectivity index (χ1v) is 11.4. The monoisotopic (exact) mass is 459 g/mol. The highest BCUT2D eigenvalue weighted by Gasteiger charge is 2.34. The van der Waals surface area contributed by atoms with E-state index in [1.165, 1.54) is 23.7 Å². The van der Waals surface area contributed by atoms with Gasteiger partial charge in [-0.25, -0.2) is 0 Å².